The van der Waals surface area contributed by atoms with Crippen molar-refractivity contribution in [3.8, 4) is 16.9 Å². The van der Waals surface area contributed by atoms with Crippen LogP contribution in [0.5, 0.6) is 0 Å². The minimum atomic E-state index is -0.361. The maximum atomic E-state index is 12.4. The first-order valence-corrected chi connectivity index (χ1v) is 9.67. The molecule has 2 aliphatic heterocycles. The molecule has 0 radical (unpaired) electrons. The quantitative estimate of drug-likeness (QED) is 0.602. The molecule has 4 heterocycles. The third-order valence-electron chi connectivity index (χ3n) is 5.58. The number of carbonyl (C=O) groups is 2. The highest BCUT2D eigenvalue weighted by atomic mass is 16.6. The van der Waals surface area contributed by atoms with Crippen molar-refractivity contribution < 1.29 is 19.1 Å². The molecule has 1 fully saturated rings. The molecule has 0 spiro atoms. The summed E-state index contributed by atoms with van der Waals surface area (Å²) in [7, 11) is 1.36. The molecule has 2 aromatic heterocycles. The van der Waals surface area contributed by atoms with Crippen molar-refractivity contribution in [2.45, 2.75) is 31.4 Å². The Morgan fingerprint density at radius 1 is 1.27 bits per heavy atom. The number of benzene rings is 1. The molecule has 0 N–H and O–H groups in total. The number of anilines is 1. The Hall–Kier alpha value is -3.75. The number of fused-ring (bicyclic) bond motifs is 3. The molecule has 1 amide bonds. The maximum absolute atomic E-state index is 12.4. The number of methoxy groups -OCH3 is 1. The molecule has 30 heavy (non-hydrogen) atoms. The van der Waals surface area contributed by atoms with Gasteiger partial charge in [-0.2, -0.15) is 0 Å². The fraction of sp³-hybridized carbons (Fsp3) is 0.286. The number of esters is 1. The molecule has 5 rings (SSSR count). The lowest BCUT2D eigenvalue weighted by Crippen LogP contribution is -2.33. The summed E-state index contributed by atoms with van der Waals surface area (Å²) in [6.07, 6.45) is 5.81. The third-order valence-corrected chi connectivity index (χ3v) is 5.58. The molecule has 3 aromatic rings. The van der Waals surface area contributed by atoms with Crippen LogP contribution in [0.2, 0.25) is 0 Å². The first-order valence-electron chi connectivity index (χ1n) is 9.67. The van der Waals surface area contributed by atoms with E-state index in [0.29, 0.717) is 18.7 Å². The SMILES string of the molecule is COC(=O)CC[C@@H]1OC(=O)N2c3ccc(-c4ccc(-n5ccnn5)nc4)cc3C[C@@H]12. The van der Waals surface area contributed by atoms with Gasteiger partial charge in [-0.3, -0.25) is 9.69 Å². The van der Waals surface area contributed by atoms with Gasteiger partial charge in [0, 0.05) is 18.2 Å². The standard InChI is InChI=1S/C21H19N5O4/c1-29-20(27)7-5-18-17-11-15-10-13(2-4-16(15)26(17)21(28)30-18)14-3-6-19(22-12-14)25-9-8-23-24-25/h2-4,6,8-10,12,17-18H,5,7,11H2,1H3/t17-,18-/m0/s1. The summed E-state index contributed by atoms with van der Waals surface area (Å²) in [4.78, 5) is 30.0. The van der Waals surface area contributed by atoms with Crippen LogP contribution in [0.1, 0.15) is 18.4 Å². The van der Waals surface area contributed by atoms with Crippen molar-refractivity contribution in [1.29, 1.82) is 0 Å². The van der Waals surface area contributed by atoms with E-state index in [1.807, 2.05) is 24.3 Å². The zero-order chi connectivity index (χ0) is 20.7. The van der Waals surface area contributed by atoms with Gasteiger partial charge in [-0.05, 0) is 48.2 Å². The van der Waals surface area contributed by atoms with Gasteiger partial charge in [0.2, 0.25) is 0 Å². The zero-order valence-corrected chi connectivity index (χ0v) is 16.3. The molecule has 2 aliphatic rings. The average molecular weight is 405 g/mol. The highest BCUT2D eigenvalue weighted by molar-refractivity contribution is 5.94. The van der Waals surface area contributed by atoms with E-state index in [1.54, 1.807) is 28.2 Å². The van der Waals surface area contributed by atoms with Crippen molar-refractivity contribution in [3.63, 3.8) is 0 Å². The van der Waals surface area contributed by atoms with Crippen molar-refractivity contribution in [2.24, 2.45) is 0 Å². The van der Waals surface area contributed by atoms with E-state index in [-0.39, 0.29) is 30.6 Å². The van der Waals surface area contributed by atoms with Gasteiger partial charge in [0.15, 0.2) is 5.82 Å². The lowest BCUT2D eigenvalue weighted by atomic mass is 9.99. The van der Waals surface area contributed by atoms with Gasteiger partial charge in [-0.25, -0.2) is 14.5 Å². The lowest BCUT2D eigenvalue weighted by Gasteiger charge is -2.16. The van der Waals surface area contributed by atoms with Crippen LogP contribution in [0.25, 0.3) is 16.9 Å². The second-order valence-electron chi connectivity index (χ2n) is 7.27. The molecule has 9 heteroatoms. The molecule has 0 unspecified atom stereocenters. The van der Waals surface area contributed by atoms with Crippen LogP contribution in [-0.4, -0.2) is 51.3 Å². The predicted molar refractivity (Wildman–Crippen MR) is 106 cm³/mol. The van der Waals surface area contributed by atoms with E-state index < -0.39 is 0 Å². The van der Waals surface area contributed by atoms with Crippen molar-refractivity contribution >= 4 is 17.7 Å². The van der Waals surface area contributed by atoms with Gasteiger partial charge in [-0.15, -0.1) is 5.10 Å². The summed E-state index contributed by atoms with van der Waals surface area (Å²) < 4.78 is 11.8. The molecular weight excluding hydrogens is 386 g/mol. The minimum absolute atomic E-state index is 0.0970. The normalized spacial score (nSPS) is 19.4. The van der Waals surface area contributed by atoms with Gasteiger partial charge < -0.3 is 9.47 Å². The molecule has 152 valence electrons. The number of hydrogen-bond acceptors (Lipinski definition) is 7. The second-order valence-corrected chi connectivity index (χ2v) is 7.27. The molecule has 0 aliphatic carbocycles. The van der Waals surface area contributed by atoms with Crippen LogP contribution < -0.4 is 4.90 Å². The molecular formula is C21H19N5O4. The fourth-order valence-corrected chi connectivity index (χ4v) is 4.09. The van der Waals surface area contributed by atoms with Crippen LogP contribution in [0.3, 0.4) is 0 Å². The lowest BCUT2D eigenvalue weighted by molar-refractivity contribution is -0.141. The molecule has 1 saturated heterocycles. The average Bonchev–Trinajstić information content (AvgIpc) is 3.49. The second kappa shape index (κ2) is 7.25. The Morgan fingerprint density at radius 2 is 2.13 bits per heavy atom. The number of pyridine rings is 1. The zero-order valence-electron chi connectivity index (χ0n) is 16.3. The van der Waals surface area contributed by atoms with E-state index in [1.165, 1.54) is 7.11 Å². The van der Waals surface area contributed by atoms with E-state index >= 15 is 0 Å². The Balaban J connectivity index is 1.37. The summed E-state index contributed by atoms with van der Waals surface area (Å²) in [6, 6.07) is 9.78. The summed E-state index contributed by atoms with van der Waals surface area (Å²) in [5.41, 5.74) is 3.93. The molecule has 9 nitrogen and oxygen atoms in total. The highest BCUT2D eigenvalue weighted by Gasteiger charge is 2.47. The Morgan fingerprint density at radius 3 is 2.87 bits per heavy atom. The fourth-order valence-electron chi connectivity index (χ4n) is 4.09. The van der Waals surface area contributed by atoms with Crippen LogP contribution in [0.4, 0.5) is 10.5 Å². The Bertz CT molecular complexity index is 1100. The van der Waals surface area contributed by atoms with Gasteiger partial charge in [0.25, 0.3) is 0 Å². The van der Waals surface area contributed by atoms with Crippen LogP contribution in [0.15, 0.2) is 48.9 Å². The Kier molecular flexibility index (Phi) is 4.42. The largest absolute Gasteiger partial charge is 0.469 e. The van der Waals surface area contributed by atoms with E-state index in [0.717, 1.165) is 22.4 Å². The first-order chi connectivity index (χ1) is 14.6. The molecule has 2 atom stereocenters. The molecule has 0 saturated carbocycles. The molecule has 1 aromatic carbocycles. The maximum Gasteiger partial charge on any atom is 0.415 e. The minimum Gasteiger partial charge on any atom is -0.469 e. The van der Waals surface area contributed by atoms with Gasteiger partial charge in [0.05, 0.1) is 31.2 Å². The number of carbonyl (C=O) groups excluding carboxylic acids is 2. The summed E-state index contributed by atoms with van der Waals surface area (Å²) in [6.45, 7) is 0. The summed E-state index contributed by atoms with van der Waals surface area (Å²) in [5, 5.41) is 7.73. The van der Waals surface area contributed by atoms with Crippen molar-refractivity contribution in [1.82, 2.24) is 20.0 Å². The number of amides is 1. The monoisotopic (exact) mass is 405 g/mol. The van der Waals surface area contributed by atoms with Gasteiger partial charge >= 0.3 is 12.1 Å². The predicted octanol–water partition coefficient (Wildman–Crippen LogP) is 2.53. The van der Waals surface area contributed by atoms with E-state index in [2.05, 4.69) is 21.4 Å². The number of ether oxygens (including phenoxy) is 2. The molecule has 0 bridgehead atoms. The van der Waals surface area contributed by atoms with Gasteiger partial charge in [-0.1, -0.05) is 11.3 Å². The third kappa shape index (κ3) is 3.08. The number of rotatable bonds is 5. The van der Waals surface area contributed by atoms with E-state index in [4.69, 9.17) is 9.47 Å². The van der Waals surface area contributed by atoms with Crippen LogP contribution in [-0.2, 0) is 20.7 Å². The summed E-state index contributed by atoms with van der Waals surface area (Å²) >= 11 is 0. The Labute approximate surface area is 172 Å². The highest BCUT2D eigenvalue weighted by Crippen LogP contribution is 2.41. The smallest absolute Gasteiger partial charge is 0.415 e. The number of aromatic nitrogens is 4. The topological polar surface area (TPSA) is 99.4 Å². The summed E-state index contributed by atoms with van der Waals surface area (Å²) in [5.74, 6) is 0.387. The number of nitrogens with zero attached hydrogens (tertiary/aromatic N) is 5. The first kappa shape index (κ1) is 18.3. The van der Waals surface area contributed by atoms with Gasteiger partial charge in [0.1, 0.15) is 6.10 Å². The van der Waals surface area contributed by atoms with Crippen LogP contribution in [0, 0.1) is 0 Å². The number of cyclic esters (lactones) is 1. The van der Waals surface area contributed by atoms with Crippen LogP contribution >= 0.6 is 0 Å². The van der Waals surface area contributed by atoms with Crippen molar-refractivity contribution in [3.05, 3.63) is 54.5 Å². The number of hydrogen-bond donors (Lipinski definition) is 0. The van der Waals surface area contributed by atoms with E-state index in [9.17, 15) is 9.59 Å². The van der Waals surface area contributed by atoms with Crippen molar-refractivity contribution in [2.75, 3.05) is 12.0 Å².